The highest BCUT2D eigenvalue weighted by Gasteiger charge is 2.16. The van der Waals surface area contributed by atoms with E-state index in [1.165, 1.54) is 0 Å². The SMILES string of the molecule is COc1ccc(CN=C(NCc2nnc(C)n2C)NCC2CCCO2)cc1Cl. The number of nitrogens with zero attached hydrogens (tertiary/aromatic N) is 4. The summed E-state index contributed by atoms with van der Waals surface area (Å²) in [7, 11) is 3.55. The Morgan fingerprint density at radius 2 is 2.25 bits per heavy atom. The molecule has 152 valence electrons. The minimum absolute atomic E-state index is 0.222. The lowest BCUT2D eigenvalue weighted by atomic mass is 10.2. The molecule has 1 fully saturated rings. The van der Waals surface area contributed by atoms with Gasteiger partial charge in [-0.2, -0.15) is 0 Å². The van der Waals surface area contributed by atoms with Crippen molar-refractivity contribution >= 4 is 17.6 Å². The van der Waals surface area contributed by atoms with E-state index in [1.807, 2.05) is 36.7 Å². The zero-order valence-electron chi connectivity index (χ0n) is 16.5. The molecule has 2 aromatic rings. The molecular weight excluding hydrogens is 380 g/mol. The Kier molecular flexibility index (Phi) is 7.11. The Labute approximate surface area is 170 Å². The molecule has 2 heterocycles. The van der Waals surface area contributed by atoms with Crippen LogP contribution in [0.5, 0.6) is 5.75 Å². The summed E-state index contributed by atoms with van der Waals surface area (Å²) in [6, 6.07) is 5.67. The molecule has 8 nitrogen and oxygen atoms in total. The first-order chi connectivity index (χ1) is 13.6. The third-order valence-electron chi connectivity index (χ3n) is 4.75. The highest BCUT2D eigenvalue weighted by Crippen LogP contribution is 2.25. The molecule has 1 unspecified atom stereocenters. The first-order valence-corrected chi connectivity index (χ1v) is 9.75. The number of guanidine groups is 1. The molecule has 0 radical (unpaired) electrons. The monoisotopic (exact) mass is 406 g/mol. The van der Waals surface area contributed by atoms with E-state index in [9.17, 15) is 0 Å². The third-order valence-corrected chi connectivity index (χ3v) is 5.05. The van der Waals surface area contributed by atoms with Crippen molar-refractivity contribution in [3.63, 3.8) is 0 Å². The maximum absolute atomic E-state index is 6.21. The van der Waals surface area contributed by atoms with Gasteiger partial charge in [-0.15, -0.1) is 10.2 Å². The second kappa shape index (κ2) is 9.75. The molecule has 1 atom stereocenters. The van der Waals surface area contributed by atoms with E-state index in [1.54, 1.807) is 7.11 Å². The van der Waals surface area contributed by atoms with Gasteiger partial charge in [0.2, 0.25) is 0 Å². The van der Waals surface area contributed by atoms with Crippen molar-refractivity contribution in [2.24, 2.45) is 12.0 Å². The van der Waals surface area contributed by atoms with E-state index in [-0.39, 0.29) is 6.10 Å². The molecule has 0 bridgehead atoms. The number of rotatable bonds is 7. The van der Waals surface area contributed by atoms with Gasteiger partial charge in [0.25, 0.3) is 0 Å². The largest absolute Gasteiger partial charge is 0.495 e. The van der Waals surface area contributed by atoms with Crippen molar-refractivity contribution in [1.29, 1.82) is 0 Å². The lowest BCUT2D eigenvalue weighted by molar-refractivity contribution is 0.113. The van der Waals surface area contributed by atoms with E-state index in [4.69, 9.17) is 21.1 Å². The van der Waals surface area contributed by atoms with Crippen LogP contribution in [0.25, 0.3) is 0 Å². The Bertz CT molecular complexity index is 817. The second-order valence-corrected chi connectivity index (χ2v) is 7.13. The van der Waals surface area contributed by atoms with Crippen LogP contribution in [-0.2, 0) is 24.9 Å². The molecule has 1 aromatic heterocycles. The van der Waals surface area contributed by atoms with Gasteiger partial charge in [-0.25, -0.2) is 4.99 Å². The smallest absolute Gasteiger partial charge is 0.192 e. The molecule has 0 amide bonds. The number of benzene rings is 1. The van der Waals surface area contributed by atoms with Gasteiger partial charge < -0.3 is 24.7 Å². The zero-order valence-corrected chi connectivity index (χ0v) is 17.3. The van der Waals surface area contributed by atoms with Crippen LogP contribution in [0.4, 0.5) is 0 Å². The fourth-order valence-electron chi connectivity index (χ4n) is 2.94. The average Bonchev–Trinajstić information content (AvgIpc) is 3.32. The Morgan fingerprint density at radius 3 is 2.89 bits per heavy atom. The van der Waals surface area contributed by atoms with Gasteiger partial charge in [-0.3, -0.25) is 0 Å². The number of aliphatic imine (C=N–C) groups is 1. The number of aromatic nitrogens is 3. The van der Waals surface area contributed by atoms with Gasteiger partial charge in [0.05, 0.1) is 31.3 Å². The summed E-state index contributed by atoms with van der Waals surface area (Å²) in [5, 5.41) is 15.5. The van der Waals surface area contributed by atoms with E-state index in [2.05, 4.69) is 25.8 Å². The third kappa shape index (κ3) is 5.36. The van der Waals surface area contributed by atoms with Crippen LogP contribution >= 0.6 is 11.6 Å². The molecule has 0 aliphatic carbocycles. The normalized spacial score (nSPS) is 17.0. The van der Waals surface area contributed by atoms with Crippen LogP contribution in [0.15, 0.2) is 23.2 Å². The predicted molar refractivity (Wildman–Crippen MR) is 109 cm³/mol. The van der Waals surface area contributed by atoms with E-state index >= 15 is 0 Å². The Balaban J connectivity index is 1.65. The molecule has 9 heteroatoms. The molecule has 28 heavy (non-hydrogen) atoms. The predicted octanol–water partition coefficient (Wildman–Crippen LogP) is 2.20. The molecule has 0 spiro atoms. The summed E-state index contributed by atoms with van der Waals surface area (Å²) in [5.74, 6) is 3.07. The number of ether oxygens (including phenoxy) is 2. The molecule has 3 rings (SSSR count). The highest BCUT2D eigenvalue weighted by atomic mass is 35.5. The van der Waals surface area contributed by atoms with Gasteiger partial charge >= 0.3 is 0 Å². The summed E-state index contributed by atoms with van der Waals surface area (Å²) < 4.78 is 12.8. The van der Waals surface area contributed by atoms with Crippen molar-refractivity contribution in [1.82, 2.24) is 25.4 Å². The number of aryl methyl sites for hydroxylation is 1. The second-order valence-electron chi connectivity index (χ2n) is 6.73. The van der Waals surface area contributed by atoms with E-state index < -0.39 is 0 Å². The quantitative estimate of drug-likeness (QED) is 0.541. The highest BCUT2D eigenvalue weighted by molar-refractivity contribution is 6.32. The summed E-state index contributed by atoms with van der Waals surface area (Å²) >= 11 is 6.21. The summed E-state index contributed by atoms with van der Waals surface area (Å²) in [6.07, 6.45) is 2.39. The first kappa shape index (κ1) is 20.4. The maximum Gasteiger partial charge on any atom is 0.192 e. The number of hydrogen-bond acceptors (Lipinski definition) is 5. The van der Waals surface area contributed by atoms with Crippen LogP contribution < -0.4 is 15.4 Å². The van der Waals surface area contributed by atoms with Crippen LogP contribution in [0.1, 0.15) is 30.1 Å². The zero-order chi connectivity index (χ0) is 19.9. The van der Waals surface area contributed by atoms with Gasteiger partial charge in [-0.05, 0) is 37.5 Å². The number of nitrogens with one attached hydrogen (secondary N) is 2. The van der Waals surface area contributed by atoms with Crippen LogP contribution in [-0.4, -0.2) is 47.1 Å². The maximum atomic E-state index is 6.21. The van der Waals surface area contributed by atoms with Gasteiger partial charge in [-0.1, -0.05) is 17.7 Å². The molecule has 1 aliphatic heterocycles. The number of halogens is 1. The van der Waals surface area contributed by atoms with Crippen LogP contribution in [0, 0.1) is 6.92 Å². The fraction of sp³-hybridized carbons (Fsp3) is 0.526. The first-order valence-electron chi connectivity index (χ1n) is 9.38. The topological polar surface area (TPSA) is 85.6 Å². The van der Waals surface area contributed by atoms with Gasteiger partial charge in [0.1, 0.15) is 11.6 Å². The standard InChI is InChI=1S/C19H27ClN6O2/c1-13-24-25-18(26(13)2)12-23-19(22-11-15-5-4-8-28-15)21-10-14-6-7-17(27-3)16(20)9-14/h6-7,9,15H,4-5,8,10-12H2,1-3H3,(H2,21,22,23). The average molecular weight is 407 g/mol. The van der Waals surface area contributed by atoms with Crippen molar-refractivity contribution in [2.75, 3.05) is 20.3 Å². The lowest BCUT2D eigenvalue weighted by Crippen LogP contribution is -2.41. The number of hydrogen-bond donors (Lipinski definition) is 2. The van der Waals surface area contributed by atoms with Gasteiger partial charge in [0, 0.05) is 20.2 Å². The number of methoxy groups -OCH3 is 1. The molecule has 0 saturated carbocycles. The molecule has 1 aromatic carbocycles. The van der Waals surface area contributed by atoms with E-state index in [0.29, 0.717) is 36.4 Å². The van der Waals surface area contributed by atoms with Crippen molar-refractivity contribution in [3.8, 4) is 5.75 Å². The molecule has 2 N–H and O–H groups in total. The summed E-state index contributed by atoms with van der Waals surface area (Å²) in [5.41, 5.74) is 0.999. The molecule has 1 saturated heterocycles. The van der Waals surface area contributed by atoms with Gasteiger partial charge in [0.15, 0.2) is 11.8 Å². The van der Waals surface area contributed by atoms with E-state index in [0.717, 1.165) is 36.7 Å². The Hall–Kier alpha value is -2.32. The van der Waals surface area contributed by atoms with Crippen LogP contribution in [0.2, 0.25) is 5.02 Å². The van der Waals surface area contributed by atoms with Crippen molar-refractivity contribution < 1.29 is 9.47 Å². The lowest BCUT2D eigenvalue weighted by Gasteiger charge is -2.15. The fourth-order valence-corrected chi connectivity index (χ4v) is 3.22. The van der Waals surface area contributed by atoms with Crippen molar-refractivity contribution in [2.45, 2.75) is 39.0 Å². The minimum atomic E-state index is 0.222. The summed E-state index contributed by atoms with van der Waals surface area (Å²) in [6.45, 7) is 4.48. The molecular formula is C19H27ClN6O2. The molecule has 1 aliphatic rings. The summed E-state index contributed by atoms with van der Waals surface area (Å²) in [4.78, 5) is 4.69. The van der Waals surface area contributed by atoms with Crippen molar-refractivity contribution in [3.05, 3.63) is 40.4 Å². The van der Waals surface area contributed by atoms with Crippen LogP contribution in [0.3, 0.4) is 0 Å². The Morgan fingerprint density at radius 1 is 1.39 bits per heavy atom. The minimum Gasteiger partial charge on any atom is -0.495 e.